The van der Waals surface area contributed by atoms with E-state index in [1.165, 1.54) is 9.25 Å². The first-order valence-corrected chi connectivity index (χ1v) is 10.6. The van der Waals surface area contributed by atoms with E-state index in [4.69, 9.17) is 4.52 Å². The summed E-state index contributed by atoms with van der Waals surface area (Å²) in [6.07, 6.45) is 3.76. The normalized spacial score (nSPS) is 13.8. The van der Waals surface area contributed by atoms with Crippen LogP contribution in [0.4, 0.5) is 14.7 Å². The number of nitrogens with zero attached hydrogens (tertiary/aromatic N) is 4. The van der Waals surface area contributed by atoms with E-state index in [0.29, 0.717) is 39.6 Å². The van der Waals surface area contributed by atoms with Crippen molar-refractivity contribution in [2.75, 3.05) is 5.32 Å². The number of pyridine rings is 1. The molecule has 0 radical (unpaired) electrons. The lowest BCUT2D eigenvalue weighted by Gasteiger charge is -2.09. The van der Waals surface area contributed by atoms with Crippen molar-refractivity contribution >= 4 is 27.8 Å². The van der Waals surface area contributed by atoms with Crippen molar-refractivity contribution in [3.05, 3.63) is 70.1 Å². The van der Waals surface area contributed by atoms with Crippen molar-refractivity contribution in [3.63, 3.8) is 0 Å². The Morgan fingerprint density at radius 3 is 2.76 bits per heavy atom. The molecule has 0 amide bonds. The number of halogens is 2. The topological polar surface area (TPSA) is 77.9 Å². The third kappa shape index (κ3) is 3.11. The number of fused-ring (bicyclic) bond motifs is 2. The molecule has 1 aliphatic rings. The average Bonchev–Trinajstić information content (AvgIpc) is 3.36. The number of benzene rings is 2. The van der Waals surface area contributed by atoms with Gasteiger partial charge in [0.15, 0.2) is 5.65 Å². The number of hydrogen-bond acceptors (Lipinski definition) is 5. The fourth-order valence-corrected chi connectivity index (χ4v) is 4.17. The van der Waals surface area contributed by atoms with Crippen LogP contribution >= 0.6 is 0 Å². The third-order valence-corrected chi connectivity index (χ3v) is 6.07. The van der Waals surface area contributed by atoms with Crippen molar-refractivity contribution in [2.24, 2.45) is 7.05 Å². The van der Waals surface area contributed by atoms with Gasteiger partial charge in [-0.05, 0) is 49.6 Å². The average molecular weight is 447 g/mol. The van der Waals surface area contributed by atoms with Crippen LogP contribution in [0.5, 0.6) is 0 Å². The molecule has 0 unspecified atom stereocenters. The van der Waals surface area contributed by atoms with Crippen LogP contribution in [0.25, 0.3) is 38.8 Å². The van der Waals surface area contributed by atoms with Crippen molar-refractivity contribution in [1.82, 2.24) is 19.5 Å². The fraction of sp³-hybridized carbons (Fsp3) is 0.208. The first kappa shape index (κ1) is 19.7. The Labute approximate surface area is 186 Å². The second-order valence-corrected chi connectivity index (χ2v) is 8.45. The van der Waals surface area contributed by atoms with Crippen molar-refractivity contribution < 1.29 is 13.3 Å². The Balaban J connectivity index is 1.56. The number of aryl methyl sites for hydroxylation is 2. The van der Waals surface area contributed by atoms with Crippen LogP contribution in [-0.2, 0) is 7.05 Å². The number of nitrogens with one attached hydrogen (secondary N) is 1. The van der Waals surface area contributed by atoms with Crippen molar-refractivity contribution in [3.8, 4) is 16.8 Å². The zero-order valence-corrected chi connectivity index (χ0v) is 17.9. The summed E-state index contributed by atoms with van der Waals surface area (Å²) in [5, 5.41) is 13.3. The molecule has 3 aromatic heterocycles. The van der Waals surface area contributed by atoms with Crippen LogP contribution in [0.3, 0.4) is 0 Å². The van der Waals surface area contributed by atoms with Gasteiger partial charge in [0.1, 0.15) is 22.8 Å². The van der Waals surface area contributed by atoms with Gasteiger partial charge in [0, 0.05) is 36.3 Å². The molecule has 1 saturated carbocycles. The minimum absolute atomic E-state index is 0.0363. The molecule has 1 N–H and O–H groups in total. The molecule has 0 bridgehead atoms. The fourth-order valence-electron chi connectivity index (χ4n) is 4.17. The van der Waals surface area contributed by atoms with Gasteiger partial charge >= 0.3 is 0 Å². The van der Waals surface area contributed by atoms with E-state index < -0.39 is 11.6 Å². The molecular formula is C24H19F2N5O2. The van der Waals surface area contributed by atoms with Crippen molar-refractivity contribution in [2.45, 2.75) is 25.8 Å². The molecule has 6 rings (SSSR count). The first-order chi connectivity index (χ1) is 15.9. The van der Waals surface area contributed by atoms with E-state index in [-0.39, 0.29) is 11.2 Å². The Morgan fingerprint density at radius 2 is 1.97 bits per heavy atom. The minimum Gasteiger partial charge on any atom is -0.351 e. The van der Waals surface area contributed by atoms with Crippen LogP contribution in [0.1, 0.15) is 18.4 Å². The van der Waals surface area contributed by atoms with Gasteiger partial charge < -0.3 is 9.84 Å². The molecule has 1 fully saturated rings. The smallest absolute Gasteiger partial charge is 0.259 e. The summed E-state index contributed by atoms with van der Waals surface area (Å²) in [5.74, 6) is -0.598. The van der Waals surface area contributed by atoms with Gasteiger partial charge in [-0.15, -0.1) is 5.10 Å². The van der Waals surface area contributed by atoms with Crippen LogP contribution in [0, 0.1) is 18.6 Å². The van der Waals surface area contributed by atoms with Crippen LogP contribution in [0.15, 0.2) is 51.9 Å². The maximum atomic E-state index is 14.3. The minimum atomic E-state index is -0.617. The number of rotatable bonds is 4. The molecule has 166 valence electrons. The maximum absolute atomic E-state index is 14.3. The predicted molar refractivity (Wildman–Crippen MR) is 121 cm³/mol. The van der Waals surface area contributed by atoms with Gasteiger partial charge in [-0.2, -0.15) is 0 Å². The predicted octanol–water partition coefficient (Wildman–Crippen LogP) is 4.69. The van der Waals surface area contributed by atoms with Crippen LogP contribution in [-0.4, -0.2) is 25.5 Å². The highest BCUT2D eigenvalue weighted by Gasteiger charge is 2.25. The maximum Gasteiger partial charge on any atom is 0.259 e. The molecule has 7 nitrogen and oxygen atoms in total. The molecular weight excluding hydrogens is 428 g/mol. The standard InChI is InChI=1S/C24H19F2N5O2/c1-12-3-7-16-21(29-33-23(16)27-15-5-6-15)20(12)17-9-13-11-31(28-22(13)30(2)24(17)32)19-10-14(25)4-8-18(19)26/h3-4,7-11,15,27H,5-6H2,1-2H3. The second-order valence-electron chi connectivity index (χ2n) is 8.45. The van der Waals surface area contributed by atoms with E-state index in [1.54, 1.807) is 19.3 Å². The van der Waals surface area contributed by atoms with E-state index in [1.807, 2.05) is 19.1 Å². The summed E-state index contributed by atoms with van der Waals surface area (Å²) in [7, 11) is 1.60. The Bertz CT molecular complexity index is 1630. The molecule has 5 aromatic rings. The van der Waals surface area contributed by atoms with Gasteiger partial charge in [-0.3, -0.25) is 9.36 Å². The quantitative estimate of drug-likeness (QED) is 0.432. The van der Waals surface area contributed by atoms with Crippen LogP contribution < -0.4 is 10.9 Å². The van der Waals surface area contributed by atoms with E-state index >= 15 is 0 Å². The molecule has 1 aliphatic carbocycles. The van der Waals surface area contributed by atoms with Gasteiger partial charge in [-0.1, -0.05) is 11.2 Å². The van der Waals surface area contributed by atoms with Gasteiger partial charge in [0.2, 0.25) is 5.88 Å². The Morgan fingerprint density at radius 1 is 1.15 bits per heavy atom. The lowest BCUT2D eigenvalue weighted by molar-refractivity contribution is 0.440. The molecule has 2 aromatic carbocycles. The summed E-state index contributed by atoms with van der Waals surface area (Å²) in [4.78, 5) is 13.3. The lowest BCUT2D eigenvalue weighted by atomic mass is 9.98. The summed E-state index contributed by atoms with van der Waals surface area (Å²) >= 11 is 0. The van der Waals surface area contributed by atoms with Crippen molar-refractivity contribution in [1.29, 1.82) is 0 Å². The zero-order chi connectivity index (χ0) is 22.9. The molecule has 0 aliphatic heterocycles. The zero-order valence-electron chi connectivity index (χ0n) is 17.9. The van der Waals surface area contributed by atoms with E-state index in [9.17, 15) is 13.6 Å². The second kappa shape index (κ2) is 6.99. The van der Waals surface area contributed by atoms with Crippen LogP contribution in [0.2, 0.25) is 0 Å². The number of aromatic nitrogens is 4. The van der Waals surface area contributed by atoms with Gasteiger partial charge in [-0.25, -0.2) is 13.5 Å². The third-order valence-electron chi connectivity index (χ3n) is 6.07. The van der Waals surface area contributed by atoms with E-state index in [2.05, 4.69) is 15.6 Å². The number of hydrogen-bond donors (Lipinski definition) is 1. The molecule has 3 heterocycles. The molecule has 33 heavy (non-hydrogen) atoms. The highest BCUT2D eigenvalue weighted by Crippen LogP contribution is 2.36. The molecule has 0 saturated heterocycles. The van der Waals surface area contributed by atoms with Gasteiger partial charge in [0.05, 0.1) is 10.9 Å². The Kier molecular flexibility index (Phi) is 4.17. The Hall–Kier alpha value is -4.01. The summed E-state index contributed by atoms with van der Waals surface area (Å²) in [6, 6.07) is 9.12. The molecule has 9 heteroatoms. The summed E-state index contributed by atoms with van der Waals surface area (Å²) in [6.45, 7) is 1.91. The van der Waals surface area contributed by atoms with Gasteiger partial charge in [0.25, 0.3) is 5.56 Å². The highest BCUT2D eigenvalue weighted by molar-refractivity contribution is 6.01. The van der Waals surface area contributed by atoms with E-state index in [0.717, 1.165) is 42.0 Å². The first-order valence-electron chi connectivity index (χ1n) is 10.6. The summed E-state index contributed by atoms with van der Waals surface area (Å²) < 4.78 is 36.2. The highest BCUT2D eigenvalue weighted by atomic mass is 19.1. The lowest BCUT2D eigenvalue weighted by Crippen LogP contribution is -2.19. The number of anilines is 1. The SMILES string of the molecule is Cc1ccc2c(NC3CC3)onc2c1-c1cc2cn(-c3cc(F)ccc3F)nc2n(C)c1=O. The summed E-state index contributed by atoms with van der Waals surface area (Å²) in [5.41, 5.74) is 2.61. The largest absolute Gasteiger partial charge is 0.351 e. The molecule has 0 spiro atoms. The molecule has 0 atom stereocenters. The monoisotopic (exact) mass is 447 g/mol.